The summed E-state index contributed by atoms with van der Waals surface area (Å²) in [5, 5.41) is 10.8. The topological polar surface area (TPSA) is 72.7 Å². The second kappa shape index (κ2) is 12.4. The maximum Gasteiger partial charge on any atom is 0.191 e. The molecule has 0 aliphatic rings. The standard InChI is InChI=1S/C19H29N5O2.HI/c1-5-20-19(21-10-11-24-14-15(2)12-23-24)22-13-16(3)26-18-9-7-6-8-17(18)25-4;/h6-9,12,14,16H,5,10-11,13H2,1-4H3,(H2,20,21,22);1H. The molecule has 0 bridgehead atoms. The fourth-order valence-electron chi connectivity index (χ4n) is 2.41. The van der Waals surface area contributed by atoms with Crippen molar-refractivity contribution in [3.05, 3.63) is 42.2 Å². The maximum absolute atomic E-state index is 5.94. The molecule has 0 fully saturated rings. The highest BCUT2D eigenvalue weighted by Crippen LogP contribution is 2.26. The predicted molar refractivity (Wildman–Crippen MR) is 119 cm³/mol. The van der Waals surface area contributed by atoms with Crippen LogP contribution in [0, 0.1) is 6.92 Å². The molecule has 150 valence electrons. The van der Waals surface area contributed by atoms with E-state index in [1.54, 1.807) is 7.11 Å². The minimum Gasteiger partial charge on any atom is -0.493 e. The van der Waals surface area contributed by atoms with E-state index in [4.69, 9.17) is 9.47 Å². The largest absolute Gasteiger partial charge is 0.493 e. The molecule has 2 rings (SSSR count). The number of para-hydroxylation sites is 2. The van der Waals surface area contributed by atoms with E-state index >= 15 is 0 Å². The highest BCUT2D eigenvalue weighted by molar-refractivity contribution is 14.0. The highest BCUT2D eigenvalue weighted by Gasteiger charge is 2.08. The number of ether oxygens (including phenoxy) is 2. The van der Waals surface area contributed by atoms with Crippen molar-refractivity contribution < 1.29 is 9.47 Å². The lowest BCUT2D eigenvalue weighted by Crippen LogP contribution is -2.39. The molecule has 1 aromatic carbocycles. The summed E-state index contributed by atoms with van der Waals surface area (Å²) >= 11 is 0. The number of nitrogens with one attached hydrogen (secondary N) is 2. The van der Waals surface area contributed by atoms with Gasteiger partial charge in [0, 0.05) is 19.3 Å². The summed E-state index contributed by atoms with van der Waals surface area (Å²) in [6, 6.07) is 7.63. The molecule has 0 spiro atoms. The molecule has 0 radical (unpaired) electrons. The van der Waals surface area contributed by atoms with Gasteiger partial charge in [0.15, 0.2) is 17.5 Å². The van der Waals surface area contributed by atoms with Crippen LogP contribution in [0.4, 0.5) is 0 Å². The average Bonchev–Trinajstić information content (AvgIpc) is 3.05. The van der Waals surface area contributed by atoms with Gasteiger partial charge in [-0.05, 0) is 38.5 Å². The second-order valence-electron chi connectivity index (χ2n) is 6.01. The van der Waals surface area contributed by atoms with E-state index in [1.165, 1.54) is 0 Å². The van der Waals surface area contributed by atoms with Crippen LogP contribution in [-0.2, 0) is 6.54 Å². The summed E-state index contributed by atoms with van der Waals surface area (Å²) in [7, 11) is 1.64. The van der Waals surface area contributed by atoms with E-state index in [9.17, 15) is 0 Å². The van der Waals surface area contributed by atoms with Crippen molar-refractivity contribution in [2.24, 2.45) is 4.99 Å². The van der Waals surface area contributed by atoms with Crippen LogP contribution in [0.3, 0.4) is 0 Å². The summed E-state index contributed by atoms with van der Waals surface area (Å²) in [4.78, 5) is 4.60. The van der Waals surface area contributed by atoms with Gasteiger partial charge in [0.25, 0.3) is 0 Å². The van der Waals surface area contributed by atoms with Gasteiger partial charge in [0.2, 0.25) is 0 Å². The molecule has 1 atom stereocenters. The monoisotopic (exact) mass is 487 g/mol. The van der Waals surface area contributed by atoms with Gasteiger partial charge in [-0.2, -0.15) is 5.10 Å². The quantitative estimate of drug-likeness (QED) is 0.324. The molecule has 0 amide bonds. The summed E-state index contributed by atoms with van der Waals surface area (Å²) < 4.78 is 13.2. The summed E-state index contributed by atoms with van der Waals surface area (Å²) in [6.07, 6.45) is 3.81. The third kappa shape index (κ3) is 8.06. The lowest BCUT2D eigenvalue weighted by atomic mass is 10.3. The van der Waals surface area contributed by atoms with Crippen LogP contribution in [-0.4, -0.2) is 48.6 Å². The SMILES string of the molecule is CCNC(=NCC(C)Oc1ccccc1OC)NCCn1cc(C)cn1.I. The van der Waals surface area contributed by atoms with Crippen LogP contribution in [0.25, 0.3) is 0 Å². The van der Waals surface area contributed by atoms with E-state index in [2.05, 4.69) is 20.7 Å². The zero-order valence-electron chi connectivity index (χ0n) is 16.4. The fourth-order valence-corrected chi connectivity index (χ4v) is 2.41. The number of aromatic nitrogens is 2. The van der Waals surface area contributed by atoms with Gasteiger partial charge in [0.1, 0.15) is 6.10 Å². The molecular formula is C19H30IN5O2. The molecule has 0 saturated heterocycles. The van der Waals surface area contributed by atoms with Crippen LogP contribution < -0.4 is 20.1 Å². The zero-order valence-corrected chi connectivity index (χ0v) is 18.8. The first-order chi connectivity index (χ1) is 12.6. The van der Waals surface area contributed by atoms with Crippen molar-refractivity contribution in [3.8, 4) is 11.5 Å². The Morgan fingerprint density at radius 1 is 1.26 bits per heavy atom. The van der Waals surface area contributed by atoms with Gasteiger partial charge in [-0.25, -0.2) is 4.99 Å². The second-order valence-corrected chi connectivity index (χ2v) is 6.01. The van der Waals surface area contributed by atoms with Gasteiger partial charge in [-0.1, -0.05) is 12.1 Å². The van der Waals surface area contributed by atoms with Crippen LogP contribution in [0.15, 0.2) is 41.7 Å². The van der Waals surface area contributed by atoms with Gasteiger partial charge in [0.05, 0.1) is 26.4 Å². The number of rotatable bonds is 9. The molecule has 0 saturated carbocycles. The third-order valence-corrected chi connectivity index (χ3v) is 3.64. The Balaban J connectivity index is 0.00000364. The lowest BCUT2D eigenvalue weighted by molar-refractivity contribution is 0.219. The molecule has 2 aromatic rings. The van der Waals surface area contributed by atoms with Gasteiger partial charge >= 0.3 is 0 Å². The number of aryl methyl sites for hydroxylation is 1. The minimum atomic E-state index is -0.0736. The van der Waals surface area contributed by atoms with E-state index < -0.39 is 0 Å². The van der Waals surface area contributed by atoms with E-state index in [1.807, 2.05) is 62.1 Å². The predicted octanol–water partition coefficient (Wildman–Crippen LogP) is 2.84. The number of guanidine groups is 1. The first kappa shape index (κ1) is 23.1. The average molecular weight is 487 g/mol. The first-order valence-corrected chi connectivity index (χ1v) is 8.93. The molecule has 27 heavy (non-hydrogen) atoms. The number of hydrogen-bond acceptors (Lipinski definition) is 4. The smallest absolute Gasteiger partial charge is 0.191 e. The Bertz CT molecular complexity index is 705. The van der Waals surface area contributed by atoms with Crippen molar-refractivity contribution >= 4 is 29.9 Å². The van der Waals surface area contributed by atoms with E-state index in [-0.39, 0.29) is 30.1 Å². The van der Waals surface area contributed by atoms with Crippen molar-refractivity contribution in [2.45, 2.75) is 33.4 Å². The van der Waals surface area contributed by atoms with Crippen LogP contribution >= 0.6 is 24.0 Å². The van der Waals surface area contributed by atoms with Crippen molar-refractivity contribution in [2.75, 3.05) is 26.7 Å². The number of methoxy groups -OCH3 is 1. The molecule has 7 nitrogen and oxygen atoms in total. The van der Waals surface area contributed by atoms with Crippen LogP contribution in [0.1, 0.15) is 19.4 Å². The van der Waals surface area contributed by atoms with Gasteiger partial charge in [-0.15, -0.1) is 24.0 Å². The van der Waals surface area contributed by atoms with Crippen LogP contribution in [0.2, 0.25) is 0 Å². The van der Waals surface area contributed by atoms with Crippen molar-refractivity contribution in [1.29, 1.82) is 0 Å². The van der Waals surface area contributed by atoms with Gasteiger partial charge in [-0.3, -0.25) is 4.68 Å². The lowest BCUT2D eigenvalue weighted by Gasteiger charge is -2.16. The number of aliphatic imine (C=N–C) groups is 1. The Morgan fingerprint density at radius 3 is 2.63 bits per heavy atom. The number of hydrogen-bond donors (Lipinski definition) is 2. The molecule has 0 aliphatic carbocycles. The minimum absolute atomic E-state index is 0. The summed E-state index contributed by atoms with van der Waals surface area (Å²) in [6.45, 7) is 8.93. The Morgan fingerprint density at radius 2 is 2.00 bits per heavy atom. The molecule has 0 aliphatic heterocycles. The Labute approximate surface area is 178 Å². The summed E-state index contributed by atoms with van der Waals surface area (Å²) in [5.41, 5.74) is 1.16. The van der Waals surface area contributed by atoms with Crippen molar-refractivity contribution in [3.63, 3.8) is 0 Å². The molecule has 1 aromatic heterocycles. The number of benzene rings is 1. The van der Waals surface area contributed by atoms with Crippen LogP contribution in [0.5, 0.6) is 11.5 Å². The molecule has 2 N–H and O–H groups in total. The molecule has 8 heteroatoms. The van der Waals surface area contributed by atoms with E-state index in [0.29, 0.717) is 6.54 Å². The summed E-state index contributed by atoms with van der Waals surface area (Å²) in [5.74, 6) is 2.22. The Kier molecular flexibility index (Phi) is 10.6. The zero-order chi connectivity index (χ0) is 18.8. The first-order valence-electron chi connectivity index (χ1n) is 8.93. The number of halogens is 1. The van der Waals surface area contributed by atoms with Crippen molar-refractivity contribution in [1.82, 2.24) is 20.4 Å². The fraction of sp³-hybridized carbons (Fsp3) is 0.474. The maximum atomic E-state index is 5.94. The van der Waals surface area contributed by atoms with E-state index in [0.717, 1.165) is 42.7 Å². The third-order valence-electron chi connectivity index (χ3n) is 3.64. The molecular weight excluding hydrogens is 457 g/mol. The highest BCUT2D eigenvalue weighted by atomic mass is 127. The normalized spacial score (nSPS) is 12.1. The molecule has 1 unspecified atom stereocenters. The Hall–Kier alpha value is -1.97. The van der Waals surface area contributed by atoms with Gasteiger partial charge < -0.3 is 20.1 Å². The number of nitrogens with zero attached hydrogens (tertiary/aromatic N) is 3. The molecule has 1 heterocycles.